The Bertz CT molecular complexity index is 927. The van der Waals surface area contributed by atoms with Crippen LogP contribution in [0, 0.1) is 0 Å². The van der Waals surface area contributed by atoms with E-state index in [1.165, 1.54) is 22.4 Å². The van der Waals surface area contributed by atoms with Gasteiger partial charge in [0.15, 0.2) is 0 Å². The van der Waals surface area contributed by atoms with Crippen molar-refractivity contribution in [1.82, 2.24) is 9.78 Å². The Morgan fingerprint density at radius 2 is 1.88 bits per heavy atom. The molecule has 0 aliphatic carbocycles. The molecule has 0 bridgehead atoms. The summed E-state index contributed by atoms with van der Waals surface area (Å²) in [5.41, 5.74) is 6.11. The zero-order chi connectivity index (χ0) is 18.1. The number of hydrogen-bond acceptors (Lipinski definition) is 3. The van der Waals surface area contributed by atoms with Crippen LogP contribution >= 0.6 is 0 Å². The van der Waals surface area contributed by atoms with Gasteiger partial charge in [0.2, 0.25) is 0 Å². The largest absolute Gasteiger partial charge is 0.496 e. The topological polar surface area (TPSA) is 39.1 Å². The van der Waals surface area contributed by atoms with Crippen LogP contribution in [0.5, 0.6) is 5.75 Å². The molecule has 1 aromatic heterocycles. The van der Waals surface area contributed by atoms with Crippen molar-refractivity contribution in [3.8, 4) is 11.4 Å². The molecule has 0 atom stereocenters. The third-order valence-electron chi connectivity index (χ3n) is 5.07. The zero-order valence-electron chi connectivity index (χ0n) is 15.6. The molecule has 134 valence electrons. The summed E-state index contributed by atoms with van der Waals surface area (Å²) in [4.78, 5) is 0. The number of rotatable bonds is 5. The Labute approximate surface area is 154 Å². The SMILES string of the molecule is COc1ccccc1Cc1nn(-c2ccccc2C(C)C)c2c1CCN2. The second-order valence-electron chi connectivity index (χ2n) is 7.06. The summed E-state index contributed by atoms with van der Waals surface area (Å²) in [6.45, 7) is 5.42. The maximum absolute atomic E-state index is 5.53. The minimum atomic E-state index is 0.449. The van der Waals surface area contributed by atoms with E-state index in [1.54, 1.807) is 7.11 Å². The smallest absolute Gasteiger partial charge is 0.133 e. The Kier molecular flexibility index (Phi) is 4.41. The van der Waals surface area contributed by atoms with E-state index in [1.807, 2.05) is 12.1 Å². The van der Waals surface area contributed by atoms with E-state index in [2.05, 4.69) is 60.2 Å². The number of anilines is 1. The lowest BCUT2D eigenvalue weighted by Crippen LogP contribution is -2.08. The van der Waals surface area contributed by atoms with Gasteiger partial charge in [-0.3, -0.25) is 0 Å². The van der Waals surface area contributed by atoms with Crippen LogP contribution in [0.2, 0.25) is 0 Å². The first kappa shape index (κ1) is 16.7. The summed E-state index contributed by atoms with van der Waals surface area (Å²) in [7, 11) is 1.72. The molecule has 4 rings (SSSR count). The van der Waals surface area contributed by atoms with Gasteiger partial charge in [-0.1, -0.05) is 50.2 Å². The molecule has 4 nitrogen and oxygen atoms in total. The van der Waals surface area contributed by atoms with Crippen molar-refractivity contribution in [1.29, 1.82) is 0 Å². The van der Waals surface area contributed by atoms with E-state index in [4.69, 9.17) is 9.84 Å². The van der Waals surface area contributed by atoms with Gasteiger partial charge >= 0.3 is 0 Å². The lowest BCUT2D eigenvalue weighted by atomic mass is 10.0. The molecule has 0 saturated heterocycles. The van der Waals surface area contributed by atoms with Gasteiger partial charge in [0.1, 0.15) is 11.6 Å². The molecular weight excluding hydrogens is 322 g/mol. The van der Waals surface area contributed by atoms with Crippen molar-refractivity contribution < 1.29 is 4.74 Å². The van der Waals surface area contributed by atoms with Crippen LogP contribution < -0.4 is 10.1 Å². The molecule has 0 amide bonds. The predicted octanol–water partition coefficient (Wildman–Crippen LogP) is 4.56. The number of aromatic nitrogens is 2. The first-order valence-corrected chi connectivity index (χ1v) is 9.25. The fraction of sp³-hybridized carbons (Fsp3) is 0.318. The van der Waals surface area contributed by atoms with Gasteiger partial charge in [0, 0.05) is 24.1 Å². The molecule has 0 radical (unpaired) electrons. The van der Waals surface area contributed by atoms with Crippen LogP contribution in [0.1, 0.15) is 42.1 Å². The summed E-state index contributed by atoms with van der Waals surface area (Å²) in [6.07, 6.45) is 1.80. The van der Waals surface area contributed by atoms with Crippen LogP contribution in [0.15, 0.2) is 48.5 Å². The molecule has 0 unspecified atom stereocenters. The molecule has 1 aliphatic rings. The highest BCUT2D eigenvalue weighted by Crippen LogP contribution is 2.33. The van der Waals surface area contributed by atoms with Crippen LogP contribution in [-0.4, -0.2) is 23.4 Å². The number of nitrogens with zero attached hydrogens (tertiary/aromatic N) is 2. The van der Waals surface area contributed by atoms with Gasteiger partial charge in [0.05, 0.1) is 18.5 Å². The molecule has 0 saturated carbocycles. The minimum Gasteiger partial charge on any atom is -0.496 e. The fourth-order valence-corrected chi connectivity index (χ4v) is 3.76. The minimum absolute atomic E-state index is 0.449. The molecule has 26 heavy (non-hydrogen) atoms. The van der Waals surface area contributed by atoms with E-state index in [0.29, 0.717) is 5.92 Å². The highest BCUT2D eigenvalue weighted by Gasteiger charge is 2.24. The first-order chi connectivity index (χ1) is 12.7. The monoisotopic (exact) mass is 347 g/mol. The van der Waals surface area contributed by atoms with Crippen molar-refractivity contribution in [3.05, 3.63) is 70.9 Å². The number of benzene rings is 2. The van der Waals surface area contributed by atoms with Gasteiger partial charge < -0.3 is 10.1 Å². The lowest BCUT2D eigenvalue weighted by molar-refractivity contribution is 0.410. The Hall–Kier alpha value is -2.75. The molecular formula is C22H25N3O. The van der Waals surface area contributed by atoms with E-state index in [-0.39, 0.29) is 0 Å². The molecule has 2 aromatic carbocycles. The molecule has 1 aliphatic heterocycles. The second-order valence-corrected chi connectivity index (χ2v) is 7.06. The van der Waals surface area contributed by atoms with E-state index in [0.717, 1.165) is 36.6 Å². The quantitative estimate of drug-likeness (QED) is 0.735. The number of fused-ring (bicyclic) bond motifs is 1. The Balaban J connectivity index is 1.79. The third kappa shape index (κ3) is 2.85. The van der Waals surface area contributed by atoms with Gasteiger partial charge in [0.25, 0.3) is 0 Å². The van der Waals surface area contributed by atoms with Crippen molar-refractivity contribution in [3.63, 3.8) is 0 Å². The average Bonchev–Trinajstić information content (AvgIpc) is 3.26. The molecule has 3 aromatic rings. The summed E-state index contributed by atoms with van der Waals surface area (Å²) < 4.78 is 7.63. The fourth-order valence-electron chi connectivity index (χ4n) is 3.76. The van der Waals surface area contributed by atoms with Gasteiger partial charge in [-0.15, -0.1) is 0 Å². The summed E-state index contributed by atoms with van der Waals surface area (Å²) >= 11 is 0. The average molecular weight is 347 g/mol. The number of nitrogens with one attached hydrogen (secondary N) is 1. The number of methoxy groups -OCH3 is 1. The standard InChI is InChI=1S/C22H25N3O/c1-15(2)17-9-5-6-10-20(17)25-22-18(12-13-23-22)19(24-25)14-16-8-4-7-11-21(16)26-3/h4-11,15,23H,12-14H2,1-3H3. The molecule has 0 spiro atoms. The Morgan fingerprint density at radius 3 is 2.69 bits per heavy atom. The molecule has 4 heteroatoms. The van der Waals surface area contributed by atoms with Crippen LogP contribution in [-0.2, 0) is 12.8 Å². The Morgan fingerprint density at radius 1 is 1.12 bits per heavy atom. The summed E-state index contributed by atoms with van der Waals surface area (Å²) in [5, 5.41) is 8.55. The first-order valence-electron chi connectivity index (χ1n) is 9.25. The number of ether oxygens (including phenoxy) is 1. The van der Waals surface area contributed by atoms with E-state index in [9.17, 15) is 0 Å². The van der Waals surface area contributed by atoms with E-state index < -0.39 is 0 Å². The normalized spacial score (nSPS) is 12.9. The van der Waals surface area contributed by atoms with Crippen molar-refractivity contribution >= 4 is 5.82 Å². The van der Waals surface area contributed by atoms with Crippen molar-refractivity contribution in [2.45, 2.75) is 32.6 Å². The lowest BCUT2D eigenvalue weighted by Gasteiger charge is -2.14. The maximum Gasteiger partial charge on any atom is 0.133 e. The van der Waals surface area contributed by atoms with Crippen molar-refractivity contribution in [2.75, 3.05) is 19.0 Å². The van der Waals surface area contributed by atoms with Gasteiger partial charge in [-0.25, -0.2) is 4.68 Å². The summed E-state index contributed by atoms with van der Waals surface area (Å²) in [5.74, 6) is 2.51. The van der Waals surface area contributed by atoms with Crippen LogP contribution in [0.4, 0.5) is 5.82 Å². The zero-order valence-corrected chi connectivity index (χ0v) is 15.6. The molecule has 2 heterocycles. The number of hydrogen-bond donors (Lipinski definition) is 1. The van der Waals surface area contributed by atoms with Crippen LogP contribution in [0.3, 0.4) is 0 Å². The predicted molar refractivity (Wildman–Crippen MR) is 106 cm³/mol. The highest BCUT2D eigenvalue weighted by atomic mass is 16.5. The van der Waals surface area contributed by atoms with Gasteiger partial charge in [-0.05, 0) is 30.0 Å². The summed E-state index contributed by atoms with van der Waals surface area (Å²) in [6, 6.07) is 16.7. The van der Waals surface area contributed by atoms with Crippen LogP contribution in [0.25, 0.3) is 5.69 Å². The molecule has 1 N–H and O–H groups in total. The van der Waals surface area contributed by atoms with Gasteiger partial charge in [-0.2, -0.15) is 5.10 Å². The number of para-hydroxylation sites is 2. The van der Waals surface area contributed by atoms with Crippen molar-refractivity contribution in [2.24, 2.45) is 0 Å². The highest BCUT2D eigenvalue weighted by molar-refractivity contribution is 5.59. The van der Waals surface area contributed by atoms with E-state index >= 15 is 0 Å². The third-order valence-corrected chi connectivity index (χ3v) is 5.07. The molecule has 0 fully saturated rings. The second kappa shape index (κ2) is 6.87. The maximum atomic E-state index is 5.53.